The first-order valence-electron chi connectivity index (χ1n) is 3.68. The van der Waals surface area contributed by atoms with Gasteiger partial charge in [-0.1, -0.05) is 0 Å². The van der Waals surface area contributed by atoms with Crippen LogP contribution in [0.1, 0.15) is 0 Å². The molecule has 2 atom stereocenters. The largest absolute Gasteiger partial charge is 0.396 e. The standard InChI is InChI=1S/C7H15NO2/c1-8-2-6(4-9)7(3-8)5-10/h6-7,9-10H,2-5H2,1H3/t6-,7-/m0/s1. The van der Waals surface area contributed by atoms with Crippen molar-refractivity contribution in [3.8, 4) is 0 Å². The molecule has 10 heavy (non-hydrogen) atoms. The first kappa shape index (κ1) is 7.98. The molecule has 0 aliphatic carbocycles. The molecule has 1 fully saturated rings. The van der Waals surface area contributed by atoms with E-state index in [0.29, 0.717) is 0 Å². The van der Waals surface area contributed by atoms with Gasteiger partial charge in [-0.05, 0) is 7.05 Å². The van der Waals surface area contributed by atoms with Crippen LogP contribution in [0.5, 0.6) is 0 Å². The van der Waals surface area contributed by atoms with Gasteiger partial charge in [-0.2, -0.15) is 0 Å². The molecule has 0 amide bonds. The number of likely N-dealkylation sites (tertiary alicyclic amines) is 1. The maximum atomic E-state index is 8.85. The second kappa shape index (κ2) is 3.32. The van der Waals surface area contributed by atoms with Crippen LogP contribution in [0.25, 0.3) is 0 Å². The van der Waals surface area contributed by atoms with E-state index in [-0.39, 0.29) is 25.0 Å². The molecule has 0 saturated carbocycles. The van der Waals surface area contributed by atoms with Crippen LogP contribution in [-0.4, -0.2) is 48.5 Å². The number of nitrogens with zero attached hydrogens (tertiary/aromatic N) is 1. The lowest BCUT2D eigenvalue weighted by molar-refractivity contribution is 0.152. The minimum atomic E-state index is 0.204. The van der Waals surface area contributed by atoms with Gasteiger partial charge in [0.25, 0.3) is 0 Å². The Morgan fingerprint density at radius 2 is 1.60 bits per heavy atom. The van der Waals surface area contributed by atoms with Crippen LogP contribution in [0.2, 0.25) is 0 Å². The molecule has 1 saturated heterocycles. The number of rotatable bonds is 2. The minimum Gasteiger partial charge on any atom is -0.396 e. The Morgan fingerprint density at radius 1 is 1.20 bits per heavy atom. The maximum Gasteiger partial charge on any atom is 0.0475 e. The normalized spacial score (nSPS) is 35.1. The summed E-state index contributed by atoms with van der Waals surface area (Å²) in [5.41, 5.74) is 0. The second-order valence-electron chi connectivity index (χ2n) is 3.11. The van der Waals surface area contributed by atoms with Crippen molar-refractivity contribution in [3.63, 3.8) is 0 Å². The fourth-order valence-corrected chi connectivity index (χ4v) is 1.59. The number of aliphatic hydroxyl groups excluding tert-OH is 2. The third kappa shape index (κ3) is 1.48. The van der Waals surface area contributed by atoms with E-state index in [9.17, 15) is 0 Å². The summed E-state index contributed by atoms with van der Waals surface area (Å²) in [7, 11) is 2.01. The van der Waals surface area contributed by atoms with Gasteiger partial charge in [0.05, 0.1) is 0 Å². The molecular weight excluding hydrogens is 130 g/mol. The Hall–Kier alpha value is -0.120. The first-order chi connectivity index (χ1) is 4.77. The molecule has 1 aliphatic heterocycles. The summed E-state index contributed by atoms with van der Waals surface area (Å²) in [4.78, 5) is 2.14. The third-order valence-corrected chi connectivity index (χ3v) is 2.23. The van der Waals surface area contributed by atoms with Gasteiger partial charge in [0.15, 0.2) is 0 Å². The zero-order valence-electron chi connectivity index (χ0n) is 6.32. The summed E-state index contributed by atoms with van der Waals surface area (Å²) in [5.74, 6) is 0.574. The van der Waals surface area contributed by atoms with E-state index in [1.54, 1.807) is 0 Å². The van der Waals surface area contributed by atoms with Crippen molar-refractivity contribution in [1.29, 1.82) is 0 Å². The topological polar surface area (TPSA) is 43.7 Å². The van der Waals surface area contributed by atoms with Crippen molar-refractivity contribution < 1.29 is 10.2 Å². The Morgan fingerprint density at radius 3 is 1.90 bits per heavy atom. The molecule has 0 unspecified atom stereocenters. The second-order valence-corrected chi connectivity index (χ2v) is 3.11. The summed E-state index contributed by atoms with van der Waals surface area (Å²) < 4.78 is 0. The molecule has 1 heterocycles. The van der Waals surface area contributed by atoms with Crippen molar-refractivity contribution in [1.82, 2.24) is 4.90 Å². The molecule has 60 valence electrons. The average Bonchev–Trinajstić information content (AvgIpc) is 2.30. The van der Waals surface area contributed by atoms with Gasteiger partial charge in [-0.15, -0.1) is 0 Å². The van der Waals surface area contributed by atoms with Crippen LogP contribution in [0, 0.1) is 11.8 Å². The van der Waals surface area contributed by atoms with Gasteiger partial charge in [0.1, 0.15) is 0 Å². The van der Waals surface area contributed by atoms with E-state index in [1.165, 1.54) is 0 Å². The summed E-state index contributed by atoms with van der Waals surface area (Å²) in [6.07, 6.45) is 0. The summed E-state index contributed by atoms with van der Waals surface area (Å²) in [5, 5.41) is 17.7. The maximum absolute atomic E-state index is 8.85. The molecule has 3 nitrogen and oxygen atoms in total. The molecular formula is C7H15NO2. The van der Waals surface area contributed by atoms with E-state index in [4.69, 9.17) is 10.2 Å². The molecule has 0 spiro atoms. The van der Waals surface area contributed by atoms with Gasteiger partial charge >= 0.3 is 0 Å². The van der Waals surface area contributed by atoms with Gasteiger partial charge in [0, 0.05) is 38.1 Å². The fourth-order valence-electron chi connectivity index (χ4n) is 1.59. The summed E-state index contributed by atoms with van der Waals surface area (Å²) >= 11 is 0. The van der Waals surface area contributed by atoms with Crippen molar-refractivity contribution in [2.75, 3.05) is 33.4 Å². The lowest BCUT2D eigenvalue weighted by Gasteiger charge is -2.11. The summed E-state index contributed by atoms with van der Waals surface area (Å²) in [6, 6.07) is 0. The lowest BCUT2D eigenvalue weighted by Crippen LogP contribution is -2.19. The van der Waals surface area contributed by atoms with E-state index in [2.05, 4.69) is 4.90 Å². The van der Waals surface area contributed by atoms with E-state index >= 15 is 0 Å². The smallest absolute Gasteiger partial charge is 0.0475 e. The van der Waals surface area contributed by atoms with Crippen LogP contribution in [-0.2, 0) is 0 Å². The lowest BCUT2D eigenvalue weighted by atomic mass is 9.98. The Labute approximate surface area is 61.3 Å². The molecule has 1 rings (SSSR count). The van der Waals surface area contributed by atoms with Crippen LogP contribution in [0.15, 0.2) is 0 Å². The molecule has 2 N–H and O–H groups in total. The van der Waals surface area contributed by atoms with E-state index in [1.807, 2.05) is 7.05 Å². The molecule has 3 heteroatoms. The quantitative estimate of drug-likeness (QED) is 0.532. The zero-order chi connectivity index (χ0) is 7.56. The van der Waals surface area contributed by atoms with Gasteiger partial charge in [-0.3, -0.25) is 0 Å². The highest BCUT2D eigenvalue weighted by Gasteiger charge is 2.29. The van der Waals surface area contributed by atoms with E-state index < -0.39 is 0 Å². The third-order valence-electron chi connectivity index (χ3n) is 2.23. The Bertz CT molecular complexity index is 95.8. The van der Waals surface area contributed by atoms with E-state index in [0.717, 1.165) is 13.1 Å². The monoisotopic (exact) mass is 145 g/mol. The first-order valence-corrected chi connectivity index (χ1v) is 3.68. The Balaban J connectivity index is 2.41. The number of hydrogen-bond donors (Lipinski definition) is 2. The number of aliphatic hydroxyl groups is 2. The van der Waals surface area contributed by atoms with Crippen molar-refractivity contribution in [2.45, 2.75) is 0 Å². The molecule has 0 aromatic carbocycles. The predicted octanol–water partition coefficient (Wildman–Crippen LogP) is -0.851. The van der Waals surface area contributed by atoms with Crippen molar-refractivity contribution in [3.05, 3.63) is 0 Å². The SMILES string of the molecule is CN1C[C@@H](CO)[C@H](CO)C1. The highest BCUT2D eigenvalue weighted by atomic mass is 16.3. The molecule has 0 radical (unpaired) electrons. The molecule has 0 aromatic rings. The van der Waals surface area contributed by atoms with Crippen LogP contribution in [0.4, 0.5) is 0 Å². The number of hydrogen-bond acceptors (Lipinski definition) is 3. The Kier molecular flexibility index (Phi) is 2.65. The highest BCUT2D eigenvalue weighted by Crippen LogP contribution is 2.20. The highest BCUT2D eigenvalue weighted by molar-refractivity contribution is 4.80. The predicted molar refractivity (Wildman–Crippen MR) is 38.6 cm³/mol. The summed E-state index contributed by atoms with van der Waals surface area (Å²) in [6.45, 7) is 2.24. The van der Waals surface area contributed by atoms with Gasteiger partial charge < -0.3 is 15.1 Å². The zero-order valence-corrected chi connectivity index (χ0v) is 6.32. The molecule has 1 aliphatic rings. The van der Waals surface area contributed by atoms with Gasteiger partial charge in [-0.25, -0.2) is 0 Å². The van der Waals surface area contributed by atoms with Crippen LogP contribution >= 0.6 is 0 Å². The molecule has 0 bridgehead atoms. The van der Waals surface area contributed by atoms with Crippen molar-refractivity contribution in [2.24, 2.45) is 11.8 Å². The average molecular weight is 145 g/mol. The van der Waals surface area contributed by atoms with Crippen LogP contribution in [0.3, 0.4) is 0 Å². The fraction of sp³-hybridized carbons (Fsp3) is 1.00. The minimum absolute atomic E-state index is 0.204. The van der Waals surface area contributed by atoms with Gasteiger partial charge in [0.2, 0.25) is 0 Å². The van der Waals surface area contributed by atoms with Crippen LogP contribution < -0.4 is 0 Å². The molecule has 0 aromatic heterocycles. The van der Waals surface area contributed by atoms with Crippen molar-refractivity contribution >= 4 is 0 Å².